The summed E-state index contributed by atoms with van der Waals surface area (Å²) in [6, 6.07) is 3.26. The van der Waals surface area contributed by atoms with Gasteiger partial charge in [0.1, 0.15) is 10.8 Å². The third kappa shape index (κ3) is 2.92. The molecule has 0 aliphatic carbocycles. The number of rotatable bonds is 4. The normalized spacial score (nSPS) is 10.3. The quantitative estimate of drug-likeness (QED) is 0.660. The average molecular weight is 256 g/mol. The van der Waals surface area contributed by atoms with E-state index in [0.717, 1.165) is 0 Å². The van der Waals surface area contributed by atoms with Crippen LogP contribution >= 0.6 is 34.8 Å². The van der Waals surface area contributed by atoms with Gasteiger partial charge in [-0.3, -0.25) is 0 Å². The molecule has 0 aromatic heterocycles. The Kier molecular flexibility index (Phi) is 4.82. The van der Waals surface area contributed by atoms with E-state index in [2.05, 4.69) is 0 Å². The van der Waals surface area contributed by atoms with E-state index < -0.39 is 0 Å². The van der Waals surface area contributed by atoms with E-state index in [4.69, 9.17) is 44.6 Å². The Balaban J connectivity index is 2.73. The molecule has 1 rings (SSSR count). The number of benzene rings is 1. The van der Waals surface area contributed by atoms with E-state index in [-0.39, 0.29) is 11.6 Å². The van der Waals surface area contributed by atoms with Gasteiger partial charge in [0.05, 0.1) is 16.7 Å². The van der Waals surface area contributed by atoms with Gasteiger partial charge < -0.3 is 9.84 Å². The molecular weight excluding hydrogens is 246 g/mol. The van der Waals surface area contributed by atoms with Crippen LogP contribution in [0.5, 0.6) is 5.75 Å². The van der Waals surface area contributed by atoms with Crippen molar-refractivity contribution in [1.29, 1.82) is 0 Å². The highest BCUT2D eigenvalue weighted by Crippen LogP contribution is 2.36. The van der Waals surface area contributed by atoms with Crippen molar-refractivity contribution in [3.8, 4) is 5.75 Å². The molecule has 0 atom stereocenters. The minimum atomic E-state index is 0.0823. The summed E-state index contributed by atoms with van der Waals surface area (Å²) in [7, 11) is 0. The van der Waals surface area contributed by atoms with E-state index in [1.54, 1.807) is 12.1 Å². The Morgan fingerprint density at radius 2 is 1.86 bits per heavy atom. The molecule has 0 spiro atoms. The molecule has 1 N–H and O–H groups in total. The predicted molar refractivity (Wildman–Crippen MR) is 58.7 cm³/mol. The van der Waals surface area contributed by atoms with Crippen LogP contribution in [0, 0.1) is 0 Å². The van der Waals surface area contributed by atoms with Crippen molar-refractivity contribution >= 4 is 34.8 Å². The van der Waals surface area contributed by atoms with Gasteiger partial charge in [0.25, 0.3) is 0 Å². The fourth-order valence-electron chi connectivity index (χ4n) is 0.866. The minimum absolute atomic E-state index is 0.0823. The molecule has 2 nitrogen and oxygen atoms in total. The van der Waals surface area contributed by atoms with Crippen LogP contribution in [0.1, 0.15) is 6.42 Å². The van der Waals surface area contributed by atoms with Gasteiger partial charge in [-0.2, -0.15) is 0 Å². The maximum Gasteiger partial charge on any atom is 0.139 e. The van der Waals surface area contributed by atoms with Gasteiger partial charge in [-0.15, -0.1) is 0 Å². The molecule has 1 aromatic carbocycles. The first-order valence-electron chi connectivity index (χ1n) is 4.04. The van der Waals surface area contributed by atoms with Crippen molar-refractivity contribution < 1.29 is 9.84 Å². The van der Waals surface area contributed by atoms with Crippen LogP contribution in [0.25, 0.3) is 0 Å². The maximum absolute atomic E-state index is 8.55. The van der Waals surface area contributed by atoms with Gasteiger partial charge in [-0.25, -0.2) is 0 Å². The van der Waals surface area contributed by atoms with Crippen molar-refractivity contribution in [3.63, 3.8) is 0 Å². The van der Waals surface area contributed by atoms with Crippen molar-refractivity contribution in [2.45, 2.75) is 6.42 Å². The van der Waals surface area contributed by atoms with E-state index in [1.165, 1.54) is 0 Å². The fourth-order valence-corrected chi connectivity index (χ4v) is 1.45. The zero-order chi connectivity index (χ0) is 10.6. The molecule has 1 aromatic rings. The van der Waals surface area contributed by atoms with E-state index in [0.29, 0.717) is 28.8 Å². The van der Waals surface area contributed by atoms with Gasteiger partial charge in [0.2, 0.25) is 0 Å². The number of aliphatic hydroxyl groups is 1. The lowest BCUT2D eigenvalue weighted by Crippen LogP contribution is -2.00. The fraction of sp³-hybridized carbons (Fsp3) is 0.333. The molecule has 0 amide bonds. The minimum Gasteiger partial charge on any atom is -0.492 e. The van der Waals surface area contributed by atoms with Crippen LogP contribution in [-0.2, 0) is 0 Å². The van der Waals surface area contributed by atoms with Gasteiger partial charge in [-0.05, 0) is 12.1 Å². The Labute approximate surface area is 97.3 Å². The van der Waals surface area contributed by atoms with Gasteiger partial charge in [0.15, 0.2) is 0 Å². The maximum atomic E-state index is 8.55. The summed E-state index contributed by atoms with van der Waals surface area (Å²) in [4.78, 5) is 0. The standard InChI is InChI=1S/C9H9Cl3O2/c10-6-2-3-7(9(12)8(6)11)14-5-1-4-13/h2-3,13H,1,4-5H2. The average Bonchev–Trinajstić information content (AvgIpc) is 2.18. The molecule has 78 valence electrons. The lowest BCUT2D eigenvalue weighted by Gasteiger charge is -2.08. The monoisotopic (exact) mass is 254 g/mol. The molecule has 5 heteroatoms. The first-order chi connectivity index (χ1) is 6.66. The van der Waals surface area contributed by atoms with Crippen LogP contribution in [0.3, 0.4) is 0 Å². The molecule has 0 unspecified atom stereocenters. The zero-order valence-electron chi connectivity index (χ0n) is 7.27. The summed E-state index contributed by atoms with van der Waals surface area (Å²) in [6.45, 7) is 0.479. The van der Waals surface area contributed by atoms with Gasteiger partial charge >= 0.3 is 0 Å². The Bertz CT molecular complexity index is 315. The molecule has 0 saturated heterocycles. The second kappa shape index (κ2) is 5.66. The molecule has 0 radical (unpaired) electrons. The van der Waals surface area contributed by atoms with Crippen molar-refractivity contribution in [3.05, 3.63) is 27.2 Å². The van der Waals surface area contributed by atoms with Gasteiger partial charge in [-0.1, -0.05) is 34.8 Å². The van der Waals surface area contributed by atoms with Gasteiger partial charge in [0, 0.05) is 13.0 Å². The van der Waals surface area contributed by atoms with E-state index in [1.807, 2.05) is 0 Å². The summed E-state index contributed by atoms with van der Waals surface area (Å²) in [5, 5.41) is 9.54. The van der Waals surface area contributed by atoms with Crippen LogP contribution in [0.15, 0.2) is 12.1 Å². The van der Waals surface area contributed by atoms with E-state index >= 15 is 0 Å². The summed E-state index contributed by atoms with van der Waals surface area (Å²) < 4.78 is 5.28. The third-order valence-corrected chi connectivity index (χ3v) is 2.84. The lowest BCUT2D eigenvalue weighted by atomic mass is 10.3. The largest absolute Gasteiger partial charge is 0.492 e. The van der Waals surface area contributed by atoms with Crippen LogP contribution < -0.4 is 4.74 Å². The molecular formula is C9H9Cl3O2. The Morgan fingerprint density at radius 1 is 1.14 bits per heavy atom. The SMILES string of the molecule is OCCCOc1ccc(Cl)c(Cl)c1Cl. The summed E-state index contributed by atoms with van der Waals surface area (Å²) in [5.41, 5.74) is 0. The highest BCUT2D eigenvalue weighted by Gasteiger charge is 2.09. The lowest BCUT2D eigenvalue weighted by molar-refractivity contribution is 0.233. The predicted octanol–water partition coefficient (Wildman–Crippen LogP) is 3.41. The smallest absolute Gasteiger partial charge is 0.139 e. The number of aliphatic hydroxyl groups excluding tert-OH is 1. The second-order valence-electron chi connectivity index (χ2n) is 2.60. The van der Waals surface area contributed by atoms with Crippen LogP contribution in [0.4, 0.5) is 0 Å². The molecule has 0 heterocycles. The van der Waals surface area contributed by atoms with E-state index in [9.17, 15) is 0 Å². The highest BCUT2D eigenvalue weighted by atomic mass is 35.5. The summed E-state index contributed by atoms with van der Waals surface area (Å²) in [6.07, 6.45) is 0.552. The Morgan fingerprint density at radius 3 is 2.50 bits per heavy atom. The molecule has 0 saturated carbocycles. The second-order valence-corrected chi connectivity index (χ2v) is 3.76. The van der Waals surface area contributed by atoms with Crippen LogP contribution in [0.2, 0.25) is 15.1 Å². The molecule has 14 heavy (non-hydrogen) atoms. The Hall–Kier alpha value is -0.150. The molecule has 0 fully saturated rings. The topological polar surface area (TPSA) is 29.5 Å². The highest BCUT2D eigenvalue weighted by molar-refractivity contribution is 6.48. The van der Waals surface area contributed by atoms with Crippen molar-refractivity contribution in [2.24, 2.45) is 0 Å². The number of hydrogen-bond acceptors (Lipinski definition) is 2. The third-order valence-electron chi connectivity index (χ3n) is 1.56. The summed E-state index contributed by atoms with van der Waals surface area (Å²) in [5.74, 6) is 0.481. The summed E-state index contributed by atoms with van der Waals surface area (Å²) >= 11 is 17.4. The molecule has 0 aliphatic rings. The first kappa shape index (κ1) is 11.9. The number of hydrogen-bond donors (Lipinski definition) is 1. The molecule has 0 bridgehead atoms. The number of halogens is 3. The van der Waals surface area contributed by atoms with Crippen molar-refractivity contribution in [2.75, 3.05) is 13.2 Å². The first-order valence-corrected chi connectivity index (χ1v) is 5.17. The van der Waals surface area contributed by atoms with Crippen LogP contribution in [-0.4, -0.2) is 18.3 Å². The molecule has 0 aliphatic heterocycles. The number of ether oxygens (including phenoxy) is 1. The zero-order valence-corrected chi connectivity index (χ0v) is 9.53. The van der Waals surface area contributed by atoms with Crippen molar-refractivity contribution in [1.82, 2.24) is 0 Å².